The summed E-state index contributed by atoms with van der Waals surface area (Å²) >= 11 is 0. The predicted octanol–water partition coefficient (Wildman–Crippen LogP) is 4.12. The minimum Gasteiger partial charge on any atom is -0.492 e. The smallest absolute Gasteiger partial charge is 0.257 e. The Kier molecular flexibility index (Phi) is 6.12. The summed E-state index contributed by atoms with van der Waals surface area (Å²) in [7, 11) is -3.75. The zero-order valence-electron chi connectivity index (χ0n) is 17.9. The van der Waals surface area contributed by atoms with Gasteiger partial charge in [-0.15, -0.1) is 0 Å². The number of rotatable bonds is 6. The third-order valence-corrected chi connectivity index (χ3v) is 7.32. The maximum Gasteiger partial charge on any atom is 0.257 e. The van der Waals surface area contributed by atoms with E-state index < -0.39 is 21.7 Å². The summed E-state index contributed by atoms with van der Waals surface area (Å²) in [5.41, 5.74) is 1.55. The molecular formula is C23H24FN3O4S. The molecule has 32 heavy (non-hydrogen) atoms. The van der Waals surface area contributed by atoms with E-state index in [-0.39, 0.29) is 10.6 Å². The number of carbonyl (C=O) groups excluding carboxylic acids is 1. The van der Waals surface area contributed by atoms with Gasteiger partial charge in [0.05, 0.1) is 23.4 Å². The number of benzene rings is 2. The average Bonchev–Trinajstić information content (AvgIpc) is 3.30. The number of nitrogens with one attached hydrogen (secondary N) is 1. The Hall–Kier alpha value is -3.04. The normalized spacial score (nSPS) is 14.6. The van der Waals surface area contributed by atoms with E-state index in [9.17, 15) is 17.6 Å². The minimum absolute atomic E-state index is 0.0304. The Morgan fingerprint density at radius 3 is 2.62 bits per heavy atom. The van der Waals surface area contributed by atoms with Crippen molar-refractivity contribution in [2.75, 3.05) is 25.0 Å². The standard InChI is InChI=1S/C23H24FN3O4S/c1-3-31-21-9-8-18(14-22(21)32(29,30)27-10-4-5-11-27)26-23(28)19-12-16-6-7-17(24)13-20(16)25-15(19)2/h6-9,12-14H,3-5,10-11H2,1-2H3,(H,26,28). The Balaban J connectivity index is 1.67. The van der Waals surface area contributed by atoms with Gasteiger partial charge >= 0.3 is 0 Å². The van der Waals surface area contributed by atoms with Crippen LogP contribution in [-0.2, 0) is 10.0 Å². The molecule has 1 amide bonds. The molecule has 1 saturated heterocycles. The number of fused-ring (bicyclic) bond motifs is 1. The molecule has 9 heteroatoms. The van der Waals surface area contributed by atoms with Crippen LogP contribution in [0.5, 0.6) is 5.75 Å². The van der Waals surface area contributed by atoms with Crippen molar-refractivity contribution in [2.24, 2.45) is 0 Å². The summed E-state index contributed by atoms with van der Waals surface area (Å²) in [6, 6.07) is 10.4. The molecule has 1 N–H and O–H groups in total. The molecule has 0 unspecified atom stereocenters. The number of carbonyl (C=O) groups is 1. The quantitative estimate of drug-likeness (QED) is 0.602. The molecule has 1 aliphatic rings. The van der Waals surface area contributed by atoms with Crippen molar-refractivity contribution in [3.05, 3.63) is 59.5 Å². The first-order valence-electron chi connectivity index (χ1n) is 10.4. The number of anilines is 1. The summed E-state index contributed by atoms with van der Waals surface area (Å²) < 4.78 is 46.8. The SMILES string of the molecule is CCOc1ccc(NC(=O)c2cc3ccc(F)cc3nc2C)cc1S(=O)(=O)N1CCCC1. The molecule has 1 fully saturated rings. The molecule has 0 spiro atoms. The van der Waals surface area contributed by atoms with E-state index in [4.69, 9.17) is 4.74 Å². The number of hydrogen-bond donors (Lipinski definition) is 1. The van der Waals surface area contributed by atoms with E-state index in [1.54, 1.807) is 38.1 Å². The number of pyridine rings is 1. The van der Waals surface area contributed by atoms with Gasteiger partial charge in [0.2, 0.25) is 10.0 Å². The monoisotopic (exact) mass is 457 g/mol. The average molecular weight is 458 g/mol. The van der Waals surface area contributed by atoms with E-state index in [2.05, 4.69) is 10.3 Å². The zero-order valence-corrected chi connectivity index (χ0v) is 18.7. The molecule has 3 aromatic rings. The van der Waals surface area contributed by atoms with Gasteiger partial charge in [-0.25, -0.2) is 12.8 Å². The van der Waals surface area contributed by atoms with Gasteiger partial charge in [0.1, 0.15) is 16.5 Å². The lowest BCUT2D eigenvalue weighted by Crippen LogP contribution is -2.28. The van der Waals surface area contributed by atoms with Crippen LogP contribution in [0.1, 0.15) is 35.8 Å². The van der Waals surface area contributed by atoms with Gasteiger partial charge in [-0.3, -0.25) is 9.78 Å². The first-order chi connectivity index (χ1) is 15.3. The molecule has 0 aliphatic carbocycles. The Morgan fingerprint density at radius 1 is 1.16 bits per heavy atom. The molecule has 4 rings (SSSR count). The van der Waals surface area contributed by atoms with Gasteiger partial charge in [0.25, 0.3) is 5.91 Å². The molecule has 0 saturated carbocycles. The number of ether oxygens (including phenoxy) is 1. The molecule has 1 aliphatic heterocycles. The third kappa shape index (κ3) is 4.31. The van der Waals surface area contributed by atoms with Crippen LogP contribution in [0.15, 0.2) is 47.4 Å². The molecule has 1 aromatic heterocycles. The molecule has 0 bridgehead atoms. The lowest BCUT2D eigenvalue weighted by atomic mass is 10.1. The summed E-state index contributed by atoms with van der Waals surface area (Å²) in [5, 5.41) is 3.39. The highest BCUT2D eigenvalue weighted by Gasteiger charge is 2.30. The summed E-state index contributed by atoms with van der Waals surface area (Å²) in [5.74, 6) is -0.583. The molecule has 2 aromatic carbocycles. The molecule has 7 nitrogen and oxygen atoms in total. The number of amides is 1. The summed E-state index contributed by atoms with van der Waals surface area (Å²) in [6.07, 6.45) is 1.63. The number of halogens is 1. The summed E-state index contributed by atoms with van der Waals surface area (Å²) in [4.78, 5) is 17.3. The molecule has 0 atom stereocenters. The molecular weight excluding hydrogens is 433 g/mol. The largest absolute Gasteiger partial charge is 0.492 e. The maximum atomic E-state index is 13.5. The van der Waals surface area contributed by atoms with Gasteiger partial charge in [0.15, 0.2) is 0 Å². The lowest BCUT2D eigenvalue weighted by Gasteiger charge is -2.19. The van der Waals surface area contributed by atoms with Gasteiger partial charge in [-0.2, -0.15) is 4.31 Å². The van der Waals surface area contributed by atoms with Crippen molar-refractivity contribution in [1.82, 2.24) is 9.29 Å². The van der Waals surface area contributed by atoms with Crippen LogP contribution in [0.3, 0.4) is 0 Å². The lowest BCUT2D eigenvalue weighted by molar-refractivity contribution is 0.102. The van der Waals surface area contributed by atoms with Gasteiger partial charge in [-0.05, 0) is 63.1 Å². The third-order valence-electron chi connectivity index (χ3n) is 5.40. The number of aromatic nitrogens is 1. The van der Waals surface area contributed by atoms with Crippen LogP contribution in [0.25, 0.3) is 10.9 Å². The van der Waals surface area contributed by atoms with Gasteiger partial charge in [0, 0.05) is 30.2 Å². The van der Waals surface area contributed by atoms with Crippen LogP contribution in [0.4, 0.5) is 10.1 Å². The van der Waals surface area contributed by atoms with Gasteiger partial charge in [-0.1, -0.05) is 0 Å². The first kappa shape index (κ1) is 22.2. The van der Waals surface area contributed by atoms with Gasteiger partial charge < -0.3 is 10.1 Å². The maximum absolute atomic E-state index is 13.5. The zero-order chi connectivity index (χ0) is 22.9. The fourth-order valence-electron chi connectivity index (χ4n) is 3.79. The van der Waals surface area contributed by atoms with E-state index in [0.717, 1.165) is 12.8 Å². The number of hydrogen-bond acceptors (Lipinski definition) is 5. The number of aryl methyl sites for hydroxylation is 1. The van der Waals surface area contributed by atoms with Crippen LogP contribution in [-0.4, -0.2) is 43.3 Å². The Bertz CT molecular complexity index is 1290. The minimum atomic E-state index is -3.75. The topological polar surface area (TPSA) is 88.6 Å². The highest BCUT2D eigenvalue weighted by Crippen LogP contribution is 2.32. The fraction of sp³-hybridized carbons (Fsp3) is 0.304. The highest BCUT2D eigenvalue weighted by atomic mass is 32.2. The second kappa shape index (κ2) is 8.84. The van der Waals surface area contributed by atoms with Crippen molar-refractivity contribution in [3.63, 3.8) is 0 Å². The van der Waals surface area contributed by atoms with E-state index >= 15 is 0 Å². The second-order valence-corrected chi connectivity index (χ2v) is 9.52. The Labute approximate surface area is 186 Å². The second-order valence-electron chi connectivity index (χ2n) is 7.62. The van der Waals surface area contributed by atoms with Crippen LogP contribution < -0.4 is 10.1 Å². The number of sulfonamides is 1. The van der Waals surface area contributed by atoms with E-state index in [1.807, 2.05) is 0 Å². The van der Waals surface area contributed by atoms with Crippen molar-refractivity contribution in [2.45, 2.75) is 31.6 Å². The highest BCUT2D eigenvalue weighted by molar-refractivity contribution is 7.89. The number of nitrogens with zero attached hydrogens (tertiary/aromatic N) is 2. The molecule has 0 radical (unpaired) electrons. The van der Waals surface area contributed by atoms with Crippen molar-refractivity contribution in [1.29, 1.82) is 0 Å². The van der Waals surface area contributed by atoms with Crippen molar-refractivity contribution >= 4 is 32.5 Å². The van der Waals surface area contributed by atoms with Crippen LogP contribution in [0.2, 0.25) is 0 Å². The molecule has 2 heterocycles. The first-order valence-corrected chi connectivity index (χ1v) is 11.9. The van der Waals surface area contributed by atoms with Crippen molar-refractivity contribution in [3.8, 4) is 5.75 Å². The van der Waals surface area contributed by atoms with E-state index in [0.29, 0.717) is 47.5 Å². The Morgan fingerprint density at radius 2 is 1.91 bits per heavy atom. The fourth-order valence-corrected chi connectivity index (χ4v) is 5.47. The van der Waals surface area contributed by atoms with Crippen LogP contribution in [0, 0.1) is 12.7 Å². The van der Waals surface area contributed by atoms with E-state index in [1.165, 1.54) is 22.5 Å². The summed E-state index contributed by atoms with van der Waals surface area (Å²) in [6.45, 7) is 4.70. The van der Waals surface area contributed by atoms with Crippen molar-refractivity contribution < 1.29 is 22.3 Å². The van der Waals surface area contributed by atoms with Crippen LogP contribution >= 0.6 is 0 Å². The predicted molar refractivity (Wildman–Crippen MR) is 120 cm³/mol. The molecule has 168 valence electrons.